The summed E-state index contributed by atoms with van der Waals surface area (Å²) in [6.45, 7) is 4.11. The summed E-state index contributed by atoms with van der Waals surface area (Å²) >= 11 is 0. The van der Waals surface area contributed by atoms with Crippen LogP contribution in [0.5, 0.6) is 0 Å². The van der Waals surface area contributed by atoms with Crippen molar-refractivity contribution < 1.29 is 37.3 Å². The molecule has 2 aliphatic heterocycles. The highest BCUT2D eigenvalue weighted by Crippen LogP contribution is 2.34. The Morgan fingerprint density at radius 2 is 2.00 bits per heavy atom. The Morgan fingerprint density at radius 3 is 2.60 bits per heavy atom. The highest BCUT2D eigenvalue weighted by molar-refractivity contribution is 5.93. The lowest BCUT2D eigenvalue weighted by atomic mass is 10.0. The molecule has 0 radical (unpaired) electrons. The van der Waals surface area contributed by atoms with Crippen LogP contribution in [0.3, 0.4) is 0 Å². The number of ether oxygens (including phenoxy) is 2. The molecule has 1 aliphatic carbocycles. The predicted octanol–water partition coefficient (Wildman–Crippen LogP) is 2.82. The van der Waals surface area contributed by atoms with Crippen LogP contribution < -0.4 is 0 Å². The van der Waals surface area contributed by atoms with Crippen LogP contribution in [0.2, 0.25) is 0 Å². The van der Waals surface area contributed by atoms with Crippen LogP contribution >= 0.6 is 0 Å². The smallest absolute Gasteiger partial charge is 0.475 e. The number of fused-ring (bicyclic) bond motifs is 1. The SMILES string of the molecule is Cc1cccc(C(=O)N2C[C@@H](OCC3CC3)[C@H]3OCCC[C@H]32)n1.O=C(O)C(F)(F)F. The summed E-state index contributed by atoms with van der Waals surface area (Å²) in [7, 11) is 0. The number of hydrogen-bond acceptors (Lipinski definition) is 5. The molecule has 0 spiro atoms. The van der Waals surface area contributed by atoms with Gasteiger partial charge < -0.3 is 19.5 Å². The van der Waals surface area contributed by atoms with Crippen LogP contribution in [0.4, 0.5) is 13.2 Å². The standard InChI is InChI=1S/C18H24N2O3.C2HF3O2/c1-12-4-2-5-14(19-12)18(21)20-10-16(23-11-13-7-8-13)17-15(20)6-3-9-22-17;3-2(4,5)1(6)7/h2,4-5,13,15-17H,3,6-11H2,1H3;(H,6,7)/t15-,16-,17+;/m1./s1. The summed E-state index contributed by atoms with van der Waals surface area (Å²) in [5.41, 5.74) is 1.39. The van der Waals surface area contributed by atoms with E-state index in [4.69, 9.17) is 19.4 Å². The number of aryl methyl sites for hydroxylation is 1. The number of rotatable bonds is 4. The van der Waals surface area contributed by atoms with E-state index in [9.17, 15) is 18.0 Å². The zero-order chi connectivity index (χ0) is 21.9. The first-order chi connectivity index (χ1) is 14.2. The molecule has 0 aromatic carbocycles. The van der Waals surface area contributed by atoms with Crippen molar-refractivity contribution in [3.05, 3.63) is 29.6 Å². The maximum Gasteiger partial charge on any atom is 0.490 e. The van der Waals surface area contributed by atoms with Crippen molar-refractivity contribution in [3.63, 3.8) is 0 Å². The largest absolute Gasteiger partial charge is 0.490 e. The van der Waals surface area contributed by atoms with Crippen LogP contribution in [-0.4, -0.2) is 71.1 Å². The average molecular weight is 430 g/mol. The van der Waals surface area contributed by atoms with Crippen molar-refractivity contribution in [2.75, 3.05) is 19.8 Å². The normalized spacial score (nSPS) is 25.9. The lowest BCUT2D eigenvalue weighted by molar-refractivity contribution is -0.192. The van der Waals surface area contributed by atoms with Crippen molar-refractivity contribution in [2.45, 2.75) is 57.0 Å². The van der Waals surface area contributed by atoms with Gasteiger partial charge >= 0.3 is 12.1 Å². The zero-order valence-corrected chi connectivity index (χ0v) is 16.6. The van der Waals surface area contributed by atoms with E-state index in [2.05, 4.69) is 4.98 Å². The van der Waals surface area contributed by atoms with Gasteiger partial charge in [-0.15, -0.1) is 0 Å². The Balaban J connectivity index is 0.000000318. The van der Waals surface area contributed by atoms with Crippen molar-refractivity contribution in [3.8, 4) is 0 Å². The van der Waals surface area contributed by atoms with Crippen LogP contribution in [0.25, 0.3) is 0 Å². The van der Waals surface area contributed by atoms with Crippen molar-refractivity contribution >= 4 is 11.9 Å². The molecule has 10 heteroatoms. The molecular weight excluding hydrogens is 405 g/mol. The Bertz CT molecular complexity index is 769. The number of likely N-dealkylation sites (tertiary alicyclic amines) is 1. The first kappa shape index (κ1) is 22.5. The van der Waals surface area contributed by atoms with Gasteiger partial charge in [-0.3, -0.25) is 4.79 Å². The van der Waals surface area contributed by atoms with E-state index in [1.807, 2.05) is 24.0 Å². The molecule has 3 atom stereocenters. The lowest BCUT2D eigenvalue weighted by Crippen LogP contribution is -2.44. The molecule has 30 heavy (non-hydrogen) atoms. The lowest BCUT2D eigenvalue weighted by Gasteiger charge is -2.32. The number of aliphatic carboxylic acids is 1. The van der Waals surface area contributed by atoms with Crippen LogP contribution in [0, 0.1) is 12.8 Å². The monoisotopic (exact) mass is 430 g/mol. The van der Waals surface area contributed by atoms with Gasteiger partial charge in [0.25, 0.3) is 5.91 Å². The molecule has 3 fully saturated rings. The topological polar surface area (TPSA) is 89.0 Å². The first-order valence-electron chi connectivity index (χ1n) is 9.94. The Kier molecular flexibility index (Phi) is 6.97. The molecule has 7 nitrogen and oxygen atoms in total. The third kappa shape index (κ3) is 5.69. The van der Waals surface area contributed by atoms with E-state index in [0.29, 0.717) is 12.2 Å². The third-order valence-electron chi connectivity index (χ3n) is 5.33. The molecule has 1 aromatic heterocycles. The third-order valence-corrected chi connectivity index (χ3v) is 5.33. The molecule has 0 bridgehead atoms. The molecular formula is C20H25F3N2O5. The Labute approximate surface area is 172 Å². The fourth-order valence-electron chi connectivity index (χ4n) is 3.64. The second-order valence-corrected chi connectivity index (χ2v) is 7.78. The summed E-state index contributed by atoms with van der Waals surface area (Å²) < 4.78 is 43.8. The molecule has 3 heterocycles. The summed E-state index contributed by atoms with van der Waals surface area (Å²) in [6.07, 6.45) is -0.506. The van der Waals surface area contributed by atoms with E-state index < -0.39 is 12.1 Å². The number of nitrogens with zero attached hydrogens (tertiary/aromatic N) is 2. The fraction of sp³-hybridized carbons (Fsp3) is 0.650. The van der Waals surface area contributed by atoms with Gasteiger partial charge in [0, 0.05) is 18.9 Å². The van der Waals surface area contributed by atoms with Gasteiger partial charge in [-0.25, -0.2) is 9.78 Å². The van der Waals surface area contributed by atoms with Crippen LogP contribution in [0.1, 0.15) is 41.9 Å². The maximum absolute atomic E-state index is 12.9. The second-order valence-electron chi connectivity index (χ2n) is 7.78. The fourth-order valence-corrected chi connectivity index (χ4v) is 3.64. The molecule has 1 aromatic rings. The molecule has 1 saturated carbocycles. The van der Waals surface area contributed by atoms with Crippen LogP contribution in [-0.2, 0) is 14.3 Å². The average Bonchev–Trinajstić information content (AvgIpc) is 3.46. The number of carbonyl (C=O) groups is 2. The number of carboxylic acid groups (broad SMARTS) is 1. The number of halogens is 3. The first-order valence-corrected chi connectivity index (χ1v) is 9.94. The minimum Gasteiger partial charge on any atom is -0.475 e. The summed E-state index contributed by atoms with van der Waals surface area (Å²) in [5, 5.41) is 7.12. The highest BCUT2D eigenvalue weighted by atomic mass is 19.4. The molecule has 3 aliphatic rings. The predicted molar refractivity (Wildman–Crippen MR) is 98.9 cm³/mol. The van der Waals surface area contributed by atoms with Crippen molar-refractivity contribution in [1.82, 2.24) is 9.88 Å². The summed E-state index contributed by atoms with van der Waals surface area (Å²) in [4.78, 5) is 28.1. The quantitative estimate of drug-likeness (QED) is 0.790. The van der Waals surface area contributed by atoms with Gasteiger partial charge in [-0.2, -0.15) is 13.2 Å². The van der Waals surface area contributed by atoms with Gasteiger partial charge in [0.05, 0.1) is 12.6 Å². The molecule has 166 valence electrons. The highest BCUT2D eigenvalue weighted by Gasteiger charge is 2.47. The molecule has 0 unspecified atom stereocenters. The maximum atomic E-state index is 12.9. The minimum absolute atomic E-state index is 0.00622. The summed E-state index contributed by atoms with van der Waals surface area (Å²) in [6, 6.07) is 5.73. The van der Waals surface area contributed by atoms with Gasteiger partial charge in [0.15, 0.2) is 0 Å². The molecule has 2 saturated heterocycles. The van der Waals surface area contributed by atoms with Crippen molar-refractivity contribution in [2.24, 2.45) is 5.92 Å². The van der Waals surface area contributed by atoms with Crippen LogP contribution in [0.15, 0.2) is 18.2 Å². The van der Waals surface area contributed by atoms with Gasteiger partial charge in [0.1, 0.15) is 17.9 Å². The number of hydrogen-bond donors (Lipinski definition) is 1. The Morgan fingerprint density at radius 1 is 1.30 bits per heavy atom. The summed E-state index contributed by atoms with van der Waals surface area (Å²) in [5.74, 6) is -2.03. The number of amides is 1. The van der Waals surface area contributed by atoms with Crippen molar-refractivity contribution in [1.29, 1.82) is 0 Å². The number of alkyl halides is 3. The zero-order valence-electron chi connectivity index (χ0n) is 16.6. The number of carbonyl (C=O) groups excluding carboxylic acids is 1. The molecule has 4 rings (SSSR count). The number of pyridine rings is 1. The number of carboxylic acids is 1. The van der Waals surface area contributed by atoms with E-state index >= 15 is 0 Å². The second kappa shape index (κ2) is 9.30. The Hall–Kier alpha value is -2.20. The van der Waals surface area contributed by atoms with E-state index in [-0.39, 0.29) is 24.2 Å². The molecule has 1 amide bonds. The minimum atomic E-state index is -5.08. The van der Waals surface area contributed by atoms with Gasteiger partial charge in [-0.05, 0) is 50.7 Å². The van der Waals surface area contributed by atoms with E-state index in [1.165, 1.54) is 12.8 Å². The van der Waals surface area contributed by atoms with E-state index in [0.717, 1.165) is 37.7 Å². The van der Waals surface area contributed by atoms with E-state index in [1.54, 1.807) is 6.07 Å². The van der Waals surface area contributed by atoms with Gasteiger partial charge in [-0.1, -0.05) is 6.07 Å². The van der Waals surface area contributed by atoms with Gasteiger partial charge in [0.2, 0.25) is 0 Å². The number of aromatic nitrogens is 1. The molecule has 1 N–H and O–H groups in total.